The van der Waals surface area contributed by atoms with Gasteiger partial charge in [0.05, 0.1) is 5.02 Å². The molecule has 0 aliphatic heterocycles. The first kappa shape index (κ1) is 22.3. The molecule has 0 aromatic heterocycles. The van der Waals surface area contributed by atoms with Crippen LogP contribution in [0.25, 0.3) is 6.08 Å². The van der Waals surface area contributed by atoms with Crippen LogP contribution in [0.15, 0.2) is 48.5 Å². The topological polar surface area (TPSA) is 72.5 Å². The molecule has 2 rings (SSSR count). The maximum absolute atomic E-state index is 13.6. The standard InChI is InChI=1S/C22H21ClFNO4/c1-22(2,3)15-9-7-14(8-10-15)21(28)25-19(26)13-29-20(27)12-11-16-17(23)5-4-6-18(16)24/h4-12H,13H2,1-3H3,(H,25,26,28)/b12-11+. The number of esters is 1. The largest absolute Gasteiger partial charge is 0.452 e. The molecule has 0 aliphatic carbocycles. The van der Waals surface area contributed by atoms with Crippen molar-refractivity contribution < 1.29 is 23.5 Å². The van der Waals surface area contributed by atoms with Crippen LogP contribution in [-0.4, -0.2) is 24.4 Å². The normalized spacial score (nSPS) is 11.3. The number of halogens is 2. The number of carbonyl (C=O) groups excluding carboxylic acids is 3. The zero-order valence-electron chi connectivity index (χ0n) is 16.3. The number of rotatable bonds is 5. The molecule has 0 unspecified atom stereocenters. The van der Waals surface area contributed by atoms with Crippen molar-refractivity contribution in [2.75, 3.05) is 6.61 Å². The summed E-state index contributed by atoms with van der Waals surface area (Å²) in [6.45, 7) is 5.50. The summed E-state index contributed by atoms with van der Waals surface area (Å²) in [5, 5.41) is 2.28. The number of amides is 2. The lowest BCUT2D eigenvalue weighted by Gasteiger charge is -2.18. The Morgan fingerprint density at radius 3 is 2.34 bits per heavy atom. The molecule has 2 aromatic carbocycles. The van der Waals surface area contributed by atoms with Gasteiger partial charge in [-0.15, -0.1) is 0 Å². The second-order valence-corrected chi connectivity index (χ2v) is 7.69. The first-order valence-corrected chi connectivity index (χ1v) is 9.19. The lowest BCUT2D eigenvalue weighted by molar-refractivity contribution is -0.143. The molecule has 0 atom stereocenters. The Morgan fingerprint density at radius 1 is 1.10 bits per heavy atom. The van der Waals surface area contributed by atoms with Gasteiger partial charge in [-0.3, -0.25) is 14.9 Å². The molecule has 0 saturated heterocycles. The van der Waals surface area contributed by atoms with Crippen LogP contribution in [0, 0.1) is 5.82 Å². The number of benzene rings is 2. The Balaban J connectivity index is 1.87. The number of carbonyl (C=O) groups is 3. The van der Waals surface area contributed by atoms with Crippen molar-refractivity contribution in [2.24, 2.45) is 0 Å². The molecule has 0 radical (unpaired) electrons. The third kappa shape index (κ3) is 6.54. The van der Waals surface area contributed by atoms with Crippen LogP contribution >= 0.6 is 11.6 Å². The van der Waals surface area contributed by atoms with Gasteiger partial charge in [0.25, 0.3) is 11.8 Å². The van der Waals surface area contributed by atoms with Gasteiger partial charge in [0, 0.05) is 17.2 Å². The van der Waals surface area contributed by atoms with Crippen LogP contribution in [0.5, 0.6) is 0 Å². The molecule has 0 heterocycles. The van der Waals surface area contributed by atoms with Gasteiger partial charge >= 0.3 is 5.97 Å². The van der Waals surface area contributed by atoms with Gasteiger partial charge in [-0.25, -0.2) is 9.18 Å². The summed E-state index contributed by atoms with van der Waals surface area (Å²) in [6, 6.07) is 11.0. The van der Waals surface area contributed by atoms with E-state index in [0.717, 1.165) is 17.7 Å². The zero-order chi connectivity index (χ0) is 21.6. The molecule has 7 heteroatoms. The highest BCUT2D eigenvalue weighted by Gasteiger charge is 2.16. The van der Waals surface area contributed by atoms with Crippen LogP contribution in [0.3, 0.4) is 0 Å². The lowest BCUT2D eigenvalue weighted by Crippen LogP contribution is -2.34. The van der Waals surface area contributed by atoms with Crippen molar-refractivity contribution >= 4 is 35.5 Å². The van der Waals surface area contributed by atoms with E-state index >= 15 is 0 Å². The smallest absolute Gasteiger partial charge is 0.331 e. The van der Waals surface area contributed by atoms with Crippen molar-refractivity contribution in [3.63, 3.8) is 0 Å². The predicted octanol–water partition coefficient (Wildman–Crippen LogP) is 4.29. The highest BCUT2D eigenvalue weighted by molar-refractivity contribution is 6.32. The Hall–Kier alpha value is -2.99. The summed E-state index contributed by atoms with van der Waals surface area (Å²) in [7, 11) is 0. The van der Waals surface area contributed by atoms with E-state index in [1.807, 2.05) is 12.1 Å². The molecule has 0 bridgehead atoms. The maximum Gasteiger partial charge on any atom is 0.331 e. The monoisotopic (exact) mass is 417 g/mol. The zero-order valence-corrected chi connectivity index (χ0v) is 17.0. The number of hydrogen-bond donors (Lipinski definition) is 1. The van der Waals surface area contributed by atoms with Crippen molar-refractivity contribution in [1.29, 1.82) is 0 Å². The minimum atomic E-state index is -0.874. The minimum absolute atomic E-state index is 0.0319. The van der Waals surface area contributed by atoms with Crippen molar-refractivity contribution in [2.45, 2.75) is 26.2 Å². The van der Waals surface area contributed by atoms with Crippen LogP contribution < -0.4 is 5.32 Å². The van der Waals surface area contributed by atoms with Crippen LogP contribution in [0.1, 0.15) is 42.3 Å². The average Bonchev–Trinajstić information content (AvgIpc) is 2.65. The highest BCUT2D eigenvalue weighted by atomic mass is 35.5. The third-order valence-corrected chi connectivity index (χ3v) is 4.33. The van der Waals surface area contributed by atoms with E-state index in [-0.39, 0.29) is 16.0 Å². The molecule has 2 aromatic rings. The van der Waals surface area contributed by atoms with Crippen LogP contribution in [-0.2, 0) is 19.7 Å². The molecular formula is C22H21ClFNO4. The first-order chi connectivity index (χ1) is 13.6. The average molecular weight is 418 g/mol. The molecule has 0 spiro atoms. The van der Waals surface area contributed by atoms with E-state index in [1.54, 1.807) is 12.1 Å². The fourth-order valence-corrected chi connectivity index (χ4v) is 2.59. The predicted molar refractivity (Wildman–Crippen MR) is 109 cm³/mol. The van der Waals surface area contributed by atoms with E-state index in [4.69, 9.17) is 16.3 Å². The van der Waals surface area contributed by atoms with Crippen LogP contribution in [0.2, 0.25) is 5.02 Å². The molecular weight excluding hydrogens is 397 g/mol. The second-order valence-electron chi connectivity index (χ2n) is 7.28. The Kier molecular flexibility index (Phi) is 7.29. The molecule has 0 fully saturated rings. The number of nitrogens with one attached hydrogen (secondary N) is 1. The lowest BCUT2D eigenvalue weighted by atomic mass is 9.87. The van der Waals surface area contributed by atoms with E-state index in [1.165, 1.54) is 18.2 Å². The molecule has 2 amide bonds. The number of imide groups is 1. The molecule has 152 valence electrons. The number of hydrogen-bond acceptors (Lipinski definition) is 4. The maximum atomic E-state index is 13.6. The fraction of sp³-hybridized carbons (Fsp3) is 0.227. The summed E-state index contributed by atoms with van der Waals surface area (Å²) in [5.41, 5.74) is 1.34. The molecule has 0 saturated carbocycles. The molecule has 1 N–H and O–H groups in total. The van der Waals surface area contributed by atoms with Crippen molar-refractivity contribution in [3.8, 4) is 0 Å². The Morgan fingerprint density at radius 2 is 1.76 bits per heavy atom. The summed E-state index contributed by atoms with van der Waals surface area (Å²) < 4.78 is 18.4. The third-order valence-electron chi connectivity index (χ3n) is 4.00. The van der Waals surface area contributed by atoms with Gasteiger partial charge in [0.1, 0.15) is 5.82 Å². The van der Waals surface area contributed by atoms with Crippen molar-refractivity contribution in [3.05, 3.63) is 76.1 Å². The SMILES string of the molecule is CC(C)(C)c1ccc(C(=O)NC(=O)COC(=O)/C=C/c2c(F)cccc2Cl)cc1. The van der Waals surface area contributed by atoms with E-state index in [0.29, 0.717) is 5.56 Å². The summed E-state index contributed by atoms with van der Waals surface area (Å²) in [6.07, 6.45) is 2.10. The summed E-state index contributed by atoms with van der Waals surface area (Å²) >= 11 is 5.85. The van der Waals surface area contributed by atoms with Gasteiger partial charge in [0.15, 0.2) is 6.61 Å². The van der Waals surface area contributed by atoms with Crippen molar-refractivity contribution in [1.82, 2.24) is 5.32 Å². The van der Waals surface area contributed by atoms with Gasteiger partial charge in [0.2, 0.25) is 0 Å². The quantitative estimate of drug-likeness (QED) is 0.581. The highest BCUT2D eigenvalue weighted by Crippen LogP contribution is 2.22. The van der Waals surface area contributed by atoms with E-state index < -0.39 is 30.2 Å². The minimum Gasteiger partial charge on any atom is -0.452 e. The van der Waals surface area contributed by atoms with Gasteiger partial charge in [-0.05, 0) is 41.3 Å². The van der Waals surface area contributed by atoms with Gasteiger partial charge in [-0.1, -0.05) is 50.6 Å². The summed E-state index contributed by atoms with van der Waals surface area (Å²) in [5.74, 6) is -2.84. The molecule has 0 aliphatic rings. The number of ether oxygens (including phenoxy) is 1. The Labute approximate surface area is 173 Å². The van der Waals surface area contributed by atoms with Gasteiger partial charge in [-0.2, -0.15) is 0 Å². The first-order valence-electron chi connectivity index (χ1n) is 8.81. The van der Waals surface area contributed by atoms with Crippen LogP contribution in [0.4, 0.5) is 4.39 Å². The Bertz CT molecular complexity index is 926. The fourth-order valence-electron chi connectivity index (χ4n) is 2.36. The second kappa shape index (κ2) is 9.47. The van der Waals surface area contributed by atoms with Gasteiger partial charge < -0.3 is 4.74 Å². The summed E-state index contributed by atoms with van der Waals surface area (Å²) in [4.78, 5) is 35.6. The molecule has 29 heavy (non-hydrogen) atoms. The van der Waals surface area contributed by atoms with E-state index in [9.17, 15) is 18.8 Å². The molecule has 5 nitrogen and oxygen atoms in total. The van der Waals surface area contributed by atoms with E-state index in [2.05, 4.69) is 26.1 Å².